The molecular weight excluding hydrogens is 316 g/mol. The standard InChI is InChI=1S/C13H12BrClN2O/c1-13(18,10-7-17-5-4-12(10)16)9-3-2-8(14)6-11(9)15/h2-7,18H,1H3,(H2,16,17). The van der Waals surface area contributed by atoms with E-state index in [1.807, 2.05) is 6.07 Å². The number of pyridine rings is 1. The third kappa shape index (κ3) is 2.36. The molecule has 18 heavy (non-hydrogen) atoms. The lowest BCUT2D eigenvalue weighted by atomic mass is 9.88. The first-order chi connectivity index (χ1) is 8.43. The Hall–Kier alpha value is -1.10. The van der Waals surface area contributed by atoms with Gasteiger partial charge in [-0.3, -0.25) is 4.98 Å². The smallest absolute Gasteiger partial charge is 0.117 e. The molecule has 0 saturated heterocycles. The first kappa shape index (κ1) is 13.3. The minimum absolute atomic E-state index is 0.470. The Labute approximate surface area is 119 Å². The van der Waals surface area contributed by atoms with Crippen molar-refractivity contribution in [3.05, 3.63) is 57.3 Å². The lowest BCUT2D eigenvalue weighted by Gasteiger charge is -2.26. The Kier molecular flexibility index (Phi) is 3.61. The van der Waals surface area contributed by atoms with Gasteiger partial charge in [0.25, 0.3) is 0 Å². The van der Waals surface area contributed by atoms with Crippen LogP contribution < -0.4 is 5.73 Å². The number of rotatable bonds is 2. The number of aliphatic hydroxyl groups is 1. The Balaban J connectivity index is 2.58. The second-order valence-corrected chi connectivity index (χ2v) is 5.48. The molecule has 0 aliphatic rings. The molecule has 2 rings (SSSR count). The van der Waals surface area contributed by atoms with E-state index in [1.54, 1.807) is 37.5 Å². The summed E-state index contributed by atoms with van der Waals surface area (Å²) >= 11 is 9.50. The molecule has 0 amide bonds. The van der Waals surface area contributed by atoms with E-state index in [2.05, 4.69) is 20.9 Å². The first-order valence-electron chi connectivity index (χ1n) is 5.31. The summed E-state index contributed by atoms with van der Waals surface area (Å²) in [5, 5.41) is 11.2. The molecule has 5 heteroatoms. The molecule has 0 saturated carbocycles. The fourth-order valence-corrected chi connectivity index (χ4v) is 2.70. The summed E-state index contributed by atoms with van der Waals surface area (Å²) in [4.78, 5) is 3.99. The molecule has 1 heterocycles. The van der Waals surface area contributed by atoms with Gasteiger partial charge >= 0.3 is 0 Å². The van der Waals surface area contributed by atoms with Crippen LogP contribution in [0.4, 0.5) is 5.69 Å². The van der Waals surface area contributed by atoms with Crippen LogP contribution in [0.2, 0.25) is 5.02 Å². The number of nitrogens with two attached hydrogens (primary N) is 1. The summed E-state index contributed by atoms with van der Waals surface area (Å²) in [6.45, 7) is 1.65. The summed E-state index contributed by atoms with van der Waals surface area (Å²) in [6, 6.07) is 6.97. The molecular formula is C13H12BrClN2O. The van der Waals surface area contributed by atoms with Gasteiger partial charge in [-0.2, -0.15) is 0 Å². The van der Waals surface area contributed by atoms with Crippen LogP contribution >= 0.6 is 27.5 Å². The maximum Gasteiger partial charge on any atom is 0.117 e. The minimum atomic E-state index is -1.28. The van der Waals surface area contributed by atoms with E-state index in [-0.39, 0.29) is 0 Å². The molecule has 0 aliphatic carbocycles. The van der Waals surface area contributed by atoms with Gasteiger partial charge in [-0.25, -0.2) is 0 Å². The van der Waals surface area contributed by atoms with E-state index in [4.69, 9.17) is 17.3 Å². The molecule has 2 aromatic rings. The van der Waals surface area contributed by atoms with Gasteiger partial charge in [0, 0.05) is 38.7 Å². The number of nitrogens with zero attached hydrogens (tertiary/aromatic N) is 1. The predicted octanol–water partition coefficient (Wildman–Crippen LogP) is 3.34. The topological polar surface area (TPSA) is 59.1 Å². The van der Waals surface area contributed by atoms with Gasteiger partial charge < -0.3 is 10.8 Å². The maximum atomic E-state index is 10.7. The summed E-state index contributed by atoms with van der Waals surface area (Å²) in [6.07, 6.45) is 3.13. The second kappa shape index (κ2) is 4.88. The minimum Gasteiger partial charge on any atom is -0.398 e. The molecule has 0 spiro atoms. The third-order valence-electron chi connectivity index (χ3n) is 2.83. The summed E-state index contributed by atoms with van der Waals surface area (Å²) in [7, 11) is 0. The number of benzene rings is 1. The predicted molar refractivity (Wildman–Crippen MR) is 76.5 cm³/mol. The van der Waals surface area contributed by atoms with Crippen molar-refractivity contribution >= 4 is 33.2 Å². The van der Waals surface area contributed by atoms with Crippen molar-refractivity contribution in [2.24, 2.45) is 0 Å². The highest BCUT2D eigenvalue weighted by molar-refractivity contribution is 9.10. The Morgan fingerprint density at radius 1 is 1.33 bits per heavy atom. The maximum absolute atomic E-state index is 10.7. The average molecular weight is 328 g/mol. The molecule has 3 N–H and O–H groups in total. The van der Waals surface area contributed by atoms with E-state index in [0.29, 0.717) is 21.8 Å². The number of halogens is 2. The highest BCUT2D eigenvalue weighted by atomic mass is 79.9. The van der Waals surface area contributed by atoms with Crippen molar-refractivity contribution in [3.63, 3.8) is 0 Å². The van der Waals surface area contributed by atoms with Gasteiger partial charge in [0.1, 0.15) is 5.60 Å². The SMILES string of the molecule is CC(O)(c1cnccc1N)c1ccc(Br)cc1Cl. The zero-order valence-corrected chi connectivity index (χ0v) is 12.0. The van der Waals surface area contributed by atoms with Crippen molar-refractivity contribution in [3.8, 4) is 0 Å². The lowest BCUT2D eigenvalue weighted by molar-refractivity contribution is 0.103. The monoisotopic (exact) mass is 326 g/mol. The fourth-order valence-electron chi connectivity index (χ4n) is 1.84. The number of hydrogen-bond donors (Lipinski definition) is 2. The van der Waals surface area contributed by atoms with Gasteiger partial charge in [0.15, 0.2) is 0 Å². The van der Waals surface area contributed by atoms with Crippen molar-refractivity contribution < 1.29 is 5.11 Å². The van der Waals surface area contributed by atoms with Crippen LogP contribution in [0.15, 0.2) is 41.1 Å². The molecule has 0 bridgehead atoms. The second-order valence-electron chi connectivity index (χ2n) is 4.16. The number of anilines is 1. The number of aromatic nitrogens is 1. The third-order valence-corrected chi connectivity index (χ3v) is 3.64. The molecule has 0 radical (unpaired) electrons. The zero-order chi connectivity index (χ0) is 13.3. The Morgan fingerprint density at radius 2 is 2.06 bits per heavy atom. The summed E-state index contributed by atoms with van der Waals surface area (Å²) in [5.74, 6) is 0. The van der Waals surface area contributed by atoms with Crippen LogP contribution in [0.5, 0.6) is 0 Å². The Morgan fingerprint density at radius 3 is 2.67 bits per heavy atom. The van der Waals surface area contributed by atoms with Crippen LogP contribution in [-0.2, 0) is 5.60 Å². The molecule has 94 valence electrons. The van der Waals surface area contributed by atoms with Gasteiger partial charge in [0.05, 0.1) is 0 Å². The molecule has 3 nitrogen and oxygen atoms in total. The molecule has 1 unspecified atom stereocenters. The van der Waals surface area contributed by atoms with Gasteiger partial charge in [-0.05, 0) is 25.1 Å². The Bertz CT molecular complexity index is 587. The van der Waals surface area contributed by atoms with Crippen LogP contribution in [0, 0.1) is 0 Å². The van der Waals surface area contributed by atoms with Crippen LogP contribution in [0.1, 0.15) is 18.1 Å². The number of hydrogen-bond acceptors (Lipinski definition) is 3. The van der Waals surface area contributed by atoms with E-state index in [0.717, 1.165) is 4.47 Å². The summed E-state index contributed by atoms with van der Waals surface area (Å²) in [5.41, 5.74) is 6.20. The van der Waals surface area contributed by atoms with E-state index < -0.39 is 5.60 Å². The van der Waals surface area contributed by atoms with Crippen LogP contribution in [-0.4, -0.2) is 10.1 Å². The van der Waals surface area contributed by atoms with Gasteiger partial charge in [-0.15, -0.1) is 0 Å². The largest absolute Gasteiger partial charge is 0.398 e. The first-order valence-corrected chi connectivity index (χ1v) is 6.48. The number of nitrogen functional groups attached to an aromatic ring is 1. The van der Waals surface area contributed by atoms with Crippen LogP contribution in [0.25, 0.3) is 0 Å². The highest BCUT2D eigenvalue weighted by Crippen LogP contribution is 2.37. The van der Waals surface area contributed by atoms with E-state index in [1.165, 1.54) is 0 Å². The quantitative estimate of drug-likeness (QED) is 0.889. The normalized spacial score (nSPS) is 14.2. The summed E-state index contributed by atoms with van der Waals surface area (Å²) < 4.78 is 0.853. The van der Waals surface area contributed by atoms with Crippen molar-refractivity contribution in [1.82, 2.24) is 4.98 Å². The van der Waals surface area contributed by atoms with Gasteiger partial charge in [-0.1, -0.05) is 33.6 Å². The van der Waals surface area contributed by atoms with Crippen molar-refractivity contribution in [1.29, 1.82) is 0 Å². The lowest BCUT2D eigenvalue weighted by Crippen LogP contribution is -2.25. The van der Waals surface area contributed by atoms with Crippen molar-refractivity contribution in [2.75, 3.05) is 5.73 Å². The van der Waals surface area contributed by atoms with E-state index >= 15 is 0 Å². The molecule has 1 aromatic carbocycles. The van der Waals surface area contributed by atoms with Gasteiger partial charge in [0.2, 0.25) is 0 Å². The average Bonchev–Trinajstić information content (AvgIpc) is 2.28. The fraction of sp³-hybridized carbons (Fsp3) is 0.154. The van der Waals surface area contributed by atoms with Crippen molar-refractivity contribution in [2.45, 2.75) is 12.5 Å². The van der Waals surface area contributed by atoms with Crippen LogP contribution in [0.3, 0.4) is 0 Å². The molecule has 0 aliphatic heterocycles. The molecule has 1 atom stereocenters. The highest BCUT2D eigenvalue weighted by Gasteiger charge is 2.30. The zero-order valence-electron chi connectivity index (χ0n) is 9.69. The van der Waals surface area contributed by atoms with E-state index in [9.17, 15) is 5.11 Å². The molecule has 1 aromatic heterocycles. The molecule has 0 fully saturated rings.